The molecule has 5 heteroatoms. The maximum absolute atomic E-state index is 5.79. The van der Waals surface area contributed by atoms with Crippen LogP contribution in [0.3, 0.4) is 0 Å². The lowest BCUT2D eigenvalue weighted by atomic mass is 10.1. The zero-order chi connectivity index (χ0) is 13.0. The number of benzene rings is 1. The van der Waals surface area contributed by atoms with Crippen molar-refractivity contribution in [1.82, 2.24) is 9.97 Å². The van der Waals surface area contributed by atoms with Crippen molar-refractivity contribution in [2.75, 3.05) is 0 Å². The fraction of sp³-hybridized carbons (Fsp3) is 0.231. The first-order valence-corrected chi connectivity index (χ1v) is 6.01. The average Bonchev–Trinajstić information content (AvgIpc) is 2.34. The summed E-state index contributed by atoms with van der Waals surface area (Å²) in [5.74, 6) is 0.652. The molecule has 1 atom stereocenters. The molecule has 4 nitrogen and oxygen atoms in total. The average molecular weight is 264 g/mol. The van der Waals surface area contributed by atoms with Gasteiger partial charge in [-0.3, -0.25) is 0 Å². The van der Waals surface area contributed by atoms with Gasteiger partial charge in [-0.05, 0) is 43.2 Å². The van der Waals surface area contributed by atoms with Crippen LogP contribution in [0.1, 0.15) is 12.5 Å². The summed E-state index contributed by atoms with van der Waals surface area (Å²) >= 11 is 5.79. The molecule has 2 aromatic rings. The maximum Gasteiger partial charge on any atom is 0.321 e. The van der Waals surface area contributed by atoms with Crippen LogP contribution in [0.25, 0.3) is 0 Å². The lowest BCUT2D eigenvalue weighted by Crippen LogP contribution is -2.17. The van der Waals surface area contributed by atoms with Crippen molar-refractivity contribution in [2.24, 2.45) is 5.73 Å². The predicted molar refractivity (Wildman–Crippen MR) is 70.9 cm³/mol. The second-order valence-electron chi connectivity index (χ2n) is 4.11. The summed E-state index contributed by atoms with van der Waals surface area (Å²) in [5.41, 5.74) is 6.69. The molecule has 2 N–H and O–H groups in total. The Bertz CT molecular complexity index is 497. The first kappa shape index (κ1) is 12.8. The van der Waals surface area contributed by atoms with Crippen LogP contribution in [-0.4, -0.2) is 16.0 Å². The first-order valence-electron chi connectivity index (χ1n) is 5.63. The van der Waals surface area contributed by atoms with E-state index in [0.717, 1.165) is 12.0 Å². The molecule has 0 aliphatic carbocycles. The number of hydrogen-bond donors (Lipinski definition) is 1. The predicted octanol–water partition coefficient (Wildman–Crippen LogP) is 2.81. The lowest BCUT2D eigenvalue weighted by molar-refractivity contribution is 0.440. The highest BCUT2D eigenvalue weighted by atomic mass is 35.5. The highest BCUT2D eigenvalue weighted by Crippen LogP contribution is 2.19. The smallest absolute Gasteiger partial charge is 0.321 e. The van der Waals surface area contributed by atoms with Gasteiger partial charge in [-0.15, -0.1) is 0 Å². The number of hydrogen-bond acceptors (Lipinski definition) is 4. The fourth-order valence-electron chi connectivity index (χ4n) is 1.48. The SMILES string of the molecule is CC(N)Cc1cnc(Oc2ccc(Cl)cc2)nc1. The molecule has 0 spiro atoms. The Kier molecular flexibility index (Phi) is 4.12. The molecule has 1 unspecified atom stereocenters. The molecule has 0 bridgehead atoms. The Balaban J connectivity index is 2.04. The van der Waals surface area contributed by atoms with Gasteiger partial charge in [-0.1, -0.05) is 11.6 Å². The molecule has 1 heterocycles. The fourth-order valence-corrected chi connectivity index (χ4v) is 1.61. The van der Waals surface area contributed by atoms with Crippen LogP contribution in [-0.2, 0) is 6.42 Å². The third-order valence-corrected chi connectivity index (χ3v) is 2.51. The summed E-state index contributed by atoms with van der Waals surface area (Å²) in [6.45, 7) is 1.94. The van der Waals surface area contributed by atoms with Gasteiger partial charge in [0.2, 0.25) is 0 Å². The topological polar surface area (TPSA) is 61.0 Å². The summed E-state index contributed by atoms with van der Waals surface area (Å²) in [7, 11) is 0. The van der Waals surface area contributed by atoms with Gasteiger partial charge in [0, 0.05) is 23.5 Å². The molecular weight excluding hydrogens is 250 g/mol. The van der Waals surface area contributed by atoms with E-state index in [1.165, 1.54) is 0 Å². The van der Waals surface area contributed by atoms with Crippen LogP contribution in [0.5, 0.6) is 11.8 Å². The first-order chi connectivity index (χ1) is 8.63. The van der Waals surface area contributed by atoms with Crippen LogP contribution in [0, 0.1) is 0 Å². The van der Waals surface area contributed by atoms with Crippen LogP contribution < -0.4 is 10.5 Å². The minimum Gasteiger partial charge on any atom is -0.424 e. The van der Waals surface area contributed by atoms with Crippen molar-refractivity contribution in [1.29, 1.82) is 0 Å². The number of rotatable bonds is 4. The van der Waals surface area contributed by atoms with Crippen LogP contribution in [0.2, 0.25) is 5.02 Å². The minimum atomic E-state index is 0.0941. The summed E-state index contributed by atoms with van der Waals surface area (Å²) in [5, 5.41) is 0.663. The highest BCUT2D eigenvalue weighted by Gasteiger charge is 2.02. The molecule has 0 aliphatic heterocycles. The zero-order valence-electron chi connectivity index (χ0n) is 10.0. The molecule has 18 heavy (non-hydrogen) atoms. The summed E-state index contributed by atoms with van der Waals surface area (Å²) in [4.78, 5) is 8.26. The third kappa shape index (κ3) is 3.68. The standard InChI is InChI=1S/C13H14ClN3O/c1-9(15)6-10-7-16-13(17-8-10)18-12-4-2-11(14)3-5-12/h2-5,7-9H,6,15H2,1H3. The van der Waals surface area contributed by atoms with Gasteiger partial charge in [-0.2, -0.15) is 0 Å². The molecule has 0 amide bonds. The molecule has 0 fully saturated rings. The van der Waals surface area contributed by atoms with Gasteiger partial charge in [0.15, 0.2) is 0 Å². The molecule has 0 saturated carbocycles. The van der Waals surface area contributed by atoms with E-state index in [1.54, 1.807) is 36.7 Å². The second-order valence-corrected chi connectivity index (χ2v) is 4.55. The molecule has 94 valence electrons. The van der Waals surface area contributed by atoms with Crippen molar-refractivity contribution >= 4 is 11.6 Å². The normalized spacial score (nSPS) is 12.2. The van der Waals surface area contributed by atoms with Crippen molar-refractivity contribution < 1.29 is 4.74 Å². The quantitative estimate of drug-likeness (QED) is 0.921. The number of aromatic nitrogens is 2. The number of nitrogens with two attached hydrogens (primary N) is 1. The summed E-state index contributed by atoms with van der Waals surface area (Å²) in [6, 6.07) is 7.44. The molecule has 2 rings (SSSR count). The maximum atomic E-state index is 5.79. The summed E-state index contributed by atoms with van der Waals surface area (Å²) < 4.78 is 5.48. The van der Waals surface area contributed by atoms with E-state index in [-0.39, 0.29) is 6.04 Å². The molecular formula is C13H14ClN3O. The molecule has 0 radical (unpaired) electrons. The van der Waals surface area contributed by atoms with E-state index < -0.39 is 0 Å². The van der Waals surface area contributed by atoms with Crippen LogP contribution in [0.15, 0.2) is 36.7 Å². The Labute approximate surface area is 111 Å². The highest BCUT2D eigenvalue weighted by molar-refractivity contribution is 6.30. The van der Waals surface area contributed by atoms with E-state index in [4.69, 9.17) is 22.1 Å². The van der Waals surface area contributed by atoms with Crippen LogP contribution >= 0.6 is 11.6 Å². The van der Waals surface area contributed by atoms with Crippen LogP contribution in [0.4, 0.5) is 0 Å². The van der Waals surface area contributed by atoms with Crippen molar-refractivity contribution in [3.8, 4) is 11.8 Å². The van der Waals surface area contributed by atoms with Gasteiger partial charge in [-0.25, -0.2) is 9.97 Å². The molecule has 1 aromatic heterocycles. The largest absolute Gasteiger partial charge is 0.424 e. The minimum absolute atomic E-state index is 0.0941. The summed E-state index contributed by atoms with van der Waals surface area (Å²) in [6.07, 6.45) is 4.20. The number of nitrogens with zero attached hydrogens (tertiary/aromatic N) is 2. The second kappa shape index (κ2) is 5.80. The van der Waals surface area contributed by atoms with Gasteiger partial charge in [0.1, 0.15) is 5.75 Å². The van der Waals surface area contributed by atoms with E-state index in [9.17, 15) is 0 Å². The van der Waals surface area contributed by atoms with Crippen molar-refractivity contribution in [3.05, 3.63) is 47.2 Å². The van der Waals surface area contributed by atoms with Gasteiger partial charge < -0.3 is 10.5 Å². The van der Waals surface area contributed by atoms with E-state index >= 15 is 0 Å². The Morgan fingerprint density at radius 2 is 1.83 bits per heavy atom. The van der Waals surface area contributed by atoms with Crippen molar-refractivity contribution in [2.45, 2.75) is 19.4 Å². The van der Waals surface area contributed by atoms with Crippen molar-refractivity contribution in [3.63, 3.8) is 0 Å². The molecule has 0 aliphatic rings. The van der Waals surface area contributed by atoms with E-state index in [0.29, 0.717) is 16.8 Å². The van der Waals surface area contributed by atoms with Gasteiger partial charge >= 0.3 is 6.01 Å². The molecule has 1 aromatic carbocycles. The van der Waals surface area contributed by atoms with Gasteiger partial charge in [0.25, 0.3) is 0 Å². The lowest BCUT2D eigenvalue weighted by Gasteiger charge is -2.06. The zero-order valence-corrected chi connectivity index (χ0v) is 10.8. The van der Waals surface area contributed by atoms with Gasteiger partial charge in [0.05, 0.1) is 0 Å². The van der Waals surface area contributed by atoms with E-state index in [1.807, 2.05) is 6.92 Å². The Hall–Kier alpha value is -1.65. The Morgan fingerprint density at radius 1 is 1.22 bits per heavy atom. The monoisotopic (exact) mass is 263 g/mol. The molecule has 0 saturated heterocycles. The Morgan fingerprint density at radius 3 is 2.39 bits per heavy atom. The van der Waals surface area contributed by atoms with E-state index in [2.05, 4.69) is 9.97 Å². The number of halogens is 1. The number of ether oxygens (including phenoxy) is 1. The third-order valence-electron chi connectivity index (χ3n) is 2.26.